The summed E-state index contributed by atoms with van der Waals surface area (Å²) in [4.78, 5) is 31.4. The maximum absolute atomic E-state index is 13.6. The second-order valence-corrected chi connectivity index (χ2v) is 9.37. The van der Waals surface area contributed by atoms with E-state index in [0.717, 1.165) is 32.5 Å². The molecular formula is C25H31ClN4O4. The Kier molecular flexibility index (Phi) is 7.30. The van der Waals surface area contributed by atoms with Crippen molar-refractivity contribution in [2.75, 3.05) is 63.3 Å². The molecule has 34 heavy (non-hydrogen) atoms. The van der Waals surface area contributed by atoms with Crippen molar-refractivity contribution < 1.29 is 19.8 Å². The number of benzene rings is 2. The van der Waals surface area contributed by atoms with Gasteiger partial charge in [-0.25, -0.2) is 0 Å². The van der Waals surface area contributed by atoms with Crippen molar-refractivity contribution in [2.45, 2.75) is 18.9 Å². The lowest BCUT2D eigenvalue weighted by Crippen LogP contribution is -2.35. The van der Waals surface area contributed by atoms with Gasteiger partial charge in [0.05, 0.1) is 22.3 Å². The van der Waals surface area contributed by atoms with Crippen LogP contribution < -0.4 is 10.6 Å². The van der Waals surface area contributed by atoms with E-state index in [9.17, 15) is 19.8 Å². The maximum Gasteiger partial charge on any atom is 0.200 e. The average molecular weight is 487 g/mol. The van der Waals surface area contributed by atoms with Gasteiger partial charge in [-0.1, -0.05) is 0 Å². The molecule has 1 fully saturated rings. The number of nitrogens with one attached hydrogen (secondary N) is 2. The number of likely N-dealkylation sites (tertiary alicyclic amines) is 1. The minimum absolute atomic E-state index is 0.160. The molecule has 0 spiro atoms. The first-order valence-electron chi connectivity index (χ1n) is 11.6. The van der Waals surface area contributed by atoms with Crippen LogP contribution in [0.5, 0.6) is 11.5 Å². The van der Waals surface area contributed by atoms with Gasteiger partial charge in [0.15, 0.2) is 0 Å². The van der Waals surface area contributed by atoms with Crippen LogP contribution in [0.25, 0.3) is 0 Å². The van der Waals surface area contributed by atoms with E-state index >= 15 is 0 Å². The molecule has 4 N–H and O–H groups in total. The third-order valence-corrected chi connectivity index (χ3v) is 6.90. The number of phenolic OH excluding ortho intramolecular Hbond substituents is 2. The molecule has 1 atom stereocenters. The van der Waals surface area contributed by atoms with Crippen LogP contribution in [0.3, 0.4) is 0 Å². The molecule has 0 radical (unpaired) electrons. The van der Waals surface area contributed by atoms with E-state index in [1.54, 1.807) is 12.1 Å². The number of aromatic hydroxyl groups is 2. The molecule has 1 unspecified atom stereocenters. The summed E-state index contributed by atoms with van der Waals surface area (Å²) >= 11 is 6.08. The van der Waals surface area contributed by atoms with Crippen LogP contribution >= 0.6 is 11.6 Å². The lowest BCUT2D eigenvalue weighted by Gasteiger charge is -2.26. The van der Waals surface area contributed by atoms with Crippen LogP contribution in [0, 0.1) is 0 Å². The summed E-state index contributed by atoms with van der Waals surface area (Å²) in [5, 5.41) is 27.3. The van der Waals surface area contributed by atoms with E-state index in [-0.39, 0.29) is 33.8 Å². The second kappa shape index (κ2) is 10.2. The molecule has 9 heteroatoms. The Balaban J connectivity index is 1.68. The predicted molar refractivity (Wildman–Crippen MR) is 134 cm³/mol. The van der Waals surface area contributed by atoms with Crippen LogP contribution in [0.1, 0.15) is 44.7 Å². The zero-order valence-corrected chi connectivity index (χ0v) is 20.3. The van der Waals surface area contributed by atoms with E-state index in [4.69, 9.17) is 11.6 Å². The molecule has 0 saturated carbocycles. The van der Waals surface area contributed by atoms with Crippen LogP contribution in [0.2, 0.25) is 0 Å². The Morgan fingerprint density at radius 2 is 1.50 bits per heavy atom. The summed E-state index contributed by atoms with van der Waals surface area (Å²) in [6.07, 6.45) is 2.20. The van der Waals surface area contributed by atoms with Gasteiger partial charge in [0, 0.05) is 49.5 Å². The van der Waals surface area contributed by atoms with Crippen molar-refractivity contribution in [2.24, 2.45) is 0 Å². The number of hydrogen-bond acceptors (Lipinski definition) is 8. The summed E-state index contributed by atoms with van der Waals surface area (Å²) in [5.41, 5.74) is 1.16. The van der Waals surface area contributed by atoms with Gasteiger partial charge in [0.1, 0.15) is 11.5 Å². The normalized spacial score (nSPS) is 17.7. The quantitative estimate of drug-likeness (QED) is 0.270. The molecule has 4 rings (SSSR count). The summed E-state index contributed by atoms with van der Waals surface area (Å²) in [5.74, 6) is -1.03. The molecular weight excluding hydrogens is 456 g/mol. The van der Waals surface area contributed by atoms with Gasteiger partial charge >= 0.3 is 0 Å². The van der Waals surface area contributed by atoms with Crippen molar-refractivity contribution in [3.63, 3.8) is 0 Å². The largest absolute Gasteiger partial charge is 0.507 e. The number of carbonyl (C=O) groups is 2. The van der Waals surface area contributed by atoms with Crippen molar-refractivity contribution in [3.8, 4) is 11.5 Å². The second-order valence-electron chi connectivity index (χ2n) is 9.07. The van der Waals surface area contributed by atoms with Crippen LogP contribution in [-0.2, 0) is 0 Å². The molecule has 2 aromatic carbocycles. The van der Waals surface area contributed by atoms with Crippen molar-refractivity contribution in [1.82, 2.24) is 9.80 Å². The number of phenols is 2. The standard InChI is InChI=1S/C25H31ClN4O4/c1-29(2)12-9-27-16-5-6-17(28-10-13-30-11-3-4-15(30)14-26)21-20(16)24(33)22-18(31)7-8-19(32)23(22)25(21)34/h5-8,15,27-28,31-32H,3-4,9-14H2,1-2H3. The molecule has 1 saturated heterocycles. The van der Waals surface area contributed by atoms with Gasteiger partial charge in [-0.15, -0.1) is 11.6 Å². The lowest BCUT2D eigenvalue weighted by molar-refractivity contribution is 0.0975. The Labute approximate surface area is 204 Å². The molecule has 0 aromatic heterocycles. The van der Waals surface area contributed by atoms with E-state index in [1.165, 1.54) is 12.1 Å². The van der Waals surface area contributed by atoms with Crippen molar-refractivity contribution in [3.05, 3.63) is 46.5 Å². The van der Waals surface area contributed by atoms with Crippen LogP contribution in [0.4, 0.5) is 11.4 Å². The Bertz CT molecular complexity index is 1100. The van der Waals surface area contributed by atoms with E-state index in [2.05, 4.69) is 15.5 Å². The number of fused-ring (bicyclic) bond motifs is 2. The summed E-state index contributed by atoms with van der Waals surface area (Å²) in [7, 11) is 3.90. The molecule has 2 aromatic rings. The summed E-state index contributed by atoms with van der Waals surface area (Å²) in [6.45, 7) is 3.63. The number of halogens is 1. The highest BCUT2D eigenvalue weighted by atomic mass is 35.5. The Morgan fingerprint density at radius 1 is 0.941 bits per heavy atom. The van der Waals surface area contributed by atoms with Gasteiger partial charge in [-0.05, 0) is 57.7 Å². The van der Waals surface area contributed by atoms with Crippen molar-refractivity contribution in [1.29, 1.82) is 0 Å². The zero-order chi connectivity index (χ0) is 24.4. The van der Waals surface area contributed by atoms with Crippen LogP contribution in [0.15, 0.2) is 24.3 Å². The zero-order valence-electron chi connectivity index (χ0n) is 19.5. The summed E-state index contributed by atoms with van der Waals surface area (Å²) < 4.78 is 0. The number of alkyl halides is 1. The predicted octanol–water partition coefficient (Wildman–Crippen LogP) is 2.96. The van der Waals surface area contributed by atoms with Gasteiger partial charge in [-0.3, -0.25) is 14.5 Å². The minimum atomic E-state index is -0.490. The van der Waals surface area contributed by atoms with Gasteiger partial charge < -0.3 is 25.7 Å². The molecule has 8 nitrogen and oxygen atoms in total. The third kappa shape index (κ3) is 4.58. The number of carbonyl (C=O) groups excluding carboxylic acids is 2. The fourth-order valence-electron chi connectivity index (χ4n) is 4.77. The topological polar surface area (TPSA) is 105 Å². The molecule has 2 aliphatic rings. The first kappa shape index (κ1) is 24.3. The number of anilines is 2. The van der Waals surface area contributed by atoms with E-state index < -0.39 is 11.6 Å². The van der Waals surface area contributed by atoms with Gasteiger partial charge in [-0.2, -0.15) is 0 Å². The van der Waals surface area contributed by atoms with Crippen LogP contribution in [-0.4, -0.2) is 90.3 Å². The maximum atomic E-state index is 13.6. The number of nitrogens with zero attached hydrogens (tertiary/aromatic N) is 2. The third-order valence-electron chi connectivity index (χ3n) is 6.54. The van der Waals surface area contributed by atoms with E-state index in [0.29, 0.717) is 36.4 Å². The molecule has 1 heterocycles. The molecule has 0 bridgehead atoms. The number of rotatable bonds is 9. The summed E-state index contributed by atoms with van der Waals surface area (Å²) in [6, 6.07) is 6.39. The lowest BCUT2D eigenvalue weighted by atomic mass is 9.81. The minimum Gasteiger partial charge on any atom is -0.507 e. The average Bonchev–Trinajstić information content (AvgIpc) is 3.26. The van der Waals surface area contributed by atoms with Crippen molar-refractivity contribution >= 4 is 34.5 Å². The first-order chi connectivity index (χ1) is 16.3. The fraction of sp³-hybridized carbons (Fsp3) is 0.440. The monoisotopic (exact) mass is 486 g/mol. The molecule has 1 aliphatic carbocycles. The van der Waals surface area contributed by atoms with E-state index in [1.807, 2.05) is 19.0 Å². The highest BCUT2D eigenvalue weighted by Crippen LogP contribution is 2.42. The molecule has 0 amide bonds. The highest BCUT2D eigenvalue weighted by molar-refractivity contribution is 6.33. The SMILES string of the molecule is CN(C)CCNc1ccc(NCCN2CCCC2CCl)c2c1C(=O)c1c(O)ccc(O)c1C2=O. The number of hydrogen-bond donors (Lipinski definition) is 4. The fourth-order valence-corrected chi connectivity index (χ4v) is 5.12. The van der Waals surface area contributed by atoms with Gasteiger partial charge in [0.25, 0.3) is 0 Å². The highest BCUT2D eigenvalue weighted by Gasteiger charge is 2.38. The first-order valence-corrected chi connectivity index (χ1v) is 12.1. The van der Waals surface area contributed by atoms with Gasteiger partial charge in [0.2, 0.25) is 11.6 Å². The molecule has 182 valence electrons. The number of ketones is 2. The Morgan fingerprint density at radius 3 is 2.03 bits per heavy atom. The molecule has 1 aliphatic heterocycles. The Hall–Kier alpha value is -2.81. The number of likely N-dealkylation sites (N-methyl/N-ethyl adjacent to an activating group) is 1. The smallest absolute Gasteiger partial charge is 0.200 e.